The number of nitrogens with two attached hydrogens (primary N) is 1. The largest absolute Gasteiger partial charge is 0.394 e. The van der Waals surface area contributed by atoms with E-state index in [-0.39, 0.29) is 35.1 Å². The second-order valence-electron chi connectivity index (χ2n) is 6.82. The third kappa shape index (κ3) is 10.1. The molecule has 3 rings (SSSR count). The van der Waals surface area contributed by atoms with E-state index in [1.807, 2.05) is 33.8 Å². The van der Waals surface area contributed by atoms with Crippen LogP contribution in [-0.4, -0.2) is 45.9 Å². The fourth-order valence-corrected chi connectivity index (χ4v) is 2.98. The Morgan fingerprint density at radius 3 is 2.32 bits per heavy atom. The number of aliphatic hydroxyl groups is 1. The van der Waals surface area contributed by atoms with Crippen LogP contribution in [0.1, 0.15) is 70.1 Å². The third-order valence-electron chi connectivity index (χ3n) is 3.93. The Balaban J connectivity index is 0.00000121. The molecule has 2 amide bonds. The number of hydrogen-bond acceptors (Lipinski definition) is 6. The maximum absolute atomic E-state index is 12.4. The molecule has 1 aromatic carbocycles. The number of amides is 2. The molecule has 1 atom stereocenters. The zero-order valence-corrected chi connectivity index (χ0v) is 22.3. The topological polar surface area (TPSA) is 121 Å². The summed E-state index contributed by atoms with van der Waals surface area (Å²) in [6, 6.07) is 8.09. The Morgan fingerprint density at radius 1 is 1.21 bits per heavy atom. The highest BCUT2D eigenvalue weighted by atomic mass is 35.5. The predicted octanol–water partition coefficient (Wildman–Crippen LogP) is 5.30. The number of carbonyl (C=O) groups is 2. The van der Waals surface area contributed by atoms with Crippen molar-refractivity contribution >= 4 is 46.7 Å². The number of halogens is 2. The highest BCUT2D eigenvalue weighted by Crippen LogP contribution is 2.28. The van der Waals surface area contributed by atoms with Gasteiger partial charge in [-0.15, -0.1) is 0 Å². The van der Waals surface area contributed by atoms with Crippen LogP contribution in [0.2, 0.25) is 10.0 Å². The molecule has 0 bridgehead atoms. The minimum atomic E-state index is -0.466. The average Bonchev–Trinajstić information content (AvgIpc) is 2.79. The molecule has 4 N–H and O–H groups in total. The maximum atomic E-state index is 12.4. The van der Waals surface area contributed by atoms with Crippen molar-refractivity contribution in [2.45, 2.75) is 60.1 Å². The minimum Gasteiger partial charge on any atom is -0.394 e. The van der Waals surface area contributed by atoms with Gasteiger partial charge in [-0.2, -0.15) is 0 Å². The number of pyridine rings is 1. The number of rotatable bonds is 3. The summed E-state index contributed by atoms with van der Waals surface area (Å²) in [7, 11) is 1.58. The van der Waals surface area contributed by atoms with E-state index < -0.39 is 11.9 Å². The smallest absolute Gasteiger partial charge is 0.275 e. The molecule has 1 aliphatic rings. The first-order valence-corrected chi connectivity index (χ1v) is 11.8. The number of aliphatic hydroxyl groups excluding tert-OH is 1. The van der Waals surface area contributed by atoms with E-state index in [0.717, 1.165) is 5.56 Å². The van der Waals surface area contributed by atoms with Gasteiger partial charge in [-0.1, -0.05) is 63.0 Å². The van der Waals surface area contributed by atoms with Crippen LogP contribution in [0.5, 0.6) is 0 Å². The molecule has 1 aliphatic heterocycles. The van der Waals surface area contributed by atoms with Gasteiger partial charge in [-0.25, -0.2) is 9.98 Å². The Bertz CT molecular complexity index is 965. The quantitative estimate of drug-likeness (QED) is 0.516. The van der Waals surface area contributed by atoms with Crippen LogP contribution in [0.3, 0.4) is 0 Å². The van der Waals surface area contributed by atoms with Crippen molar-refractivity contribution in [1.82, 2.24) is 9.88 Å². The van der Waals surface area contributed by atoms with Crippen molar-refractivity contribution in [2.24, 2.45) is 10.7 Å². The molecule has 0 aliphatic carbocycles. The number of anilines is 1. The van der Waals surface area contributed by atoms with E-state index in [2.05, 4.69) is 15.3 Å². The Hall–Kier alpha value is -2.68. The third-order valence-corrected chi connectivity index (χ3v) is 4.42. The van der Waals surface area contributed by atoms with Gasteiger partial charge in [0.2, 0.25) is 5.91 Å². The number of aliphatic imine (C=N–C) groups is 1. The number of guanidine groups is 1. The summed E-state index contributed by atoms with van der Waals surface area (Å²) in [5.74, 6) is -0.418. The molecule has 188 valence electrons. The molecule has 0 fully saturated rings. The molecule has 8 nitrogen and oxygen atoms in total. The van der Waals surface area contributed by atoms with E-state index in [0.29, 0.717) is 10.7 Å². The summed E-state index contributed by atoms with van der Waals surface area (Å²) in [6.45, 7) is 11.4. The lowest BCUT2D eigenvalue weighted by Gasteiger charge is -2.25. The van der Waals surface area contributed by atoms with Gasteiger partial charge in [0.15, 0.2) is 5.96 Å². The van der Waals surface area contributed by atoms with Crippen LogP contribution >= 0.6 is 23.2 Å². The van der Waals surface area contributed by atoms with E-state index in [9.17, 15) is 9.59 Å². The molecule has 34 heavy (non-hydrogen) atoms. The molecule has 0 saturated carbocycles. The number of nitrogens with zero attached hydrogens (tertiary/aromatic N) is 3. The zero-order chi connectivity index (χ0) is 26.4. The van der Waals surface area contributed by atoms with Crippen molar-refractivity contribution in [3.8, 4) is 0 Å². The van der Waals surface area contributed by atoms with Crippen molar-refractivity contribution in [1.29, 1.82) is 0 Å². The molecular weight excluding hydrogens is 477 g/mol. The summed E-state index contributed by atoms with van der Waals surface area (Å²) in [4.78, 5) is 33.9. The van der Waals surface area contributed by atoms with E-state index >= 15 is 0 Å². The average molecular weight is 512 g/mol. The lowest BCUT2D eigenvalue weighted by molar-refractivity contribution is -0.127. The maximum Gasteiger partial charge on any atom is 0.275 e. The van der Waals surface area contributed by atoms with Gasteiger partial charge in [0.1, 0.15) is 5.69 Å². The summed E-state index contributed by atoms with van der Waals surface area (Å²) in [5.41, 5.74) is 7.13. The first-order chi connectivity index (χ1) is 16.1. The van der Waals surface area contributed by atoms with Crippen LogP contribution in [0.25, 0.3) is 0 Å². The highest BCUT2D eigenvalue weighted by molar-refractivity contribution is 6.36. The summed E-state index contributed by atoms with van der Waals surface area (Å²) >= 11 is 11.8. The lowest BCUT2D eigenvalue weighted by Crippen LogP contribution is -2.42. The Morgan fingerprint density at radius 2 is 1.79 bits per heavy atom. The first kappa shape index (κ1) is 31.3. The van der Waals surface area contributed by atoms with Gasteiger partial charge in [-0.05, 0) is 37.6 Å². The SMILES string of the molecule is CC.CC.CC(C)O.CN1C(=O)CC(c2cccc(NC(=O)c3ncc(Cl)cc3Cl)c2)N=C1N. The van der Waals surface area contributed by atoms with E-state index in [1.165, 1.54) is 17.2 Å². The van der Waals surface area contributed by atoms with Gasteiger partial charge in [0.25, 0.3) is 5.91 Å². The van der Waals surface area contributed by atoms with E-state index in [4.69, 9.17) is 34.0 Å². The Labute approximate surface area is 212 Å². The molecule has 0 spiro atoms. The van der Waals surface area contributed by atoms with Gasteiger partial charge in [0, 0.05) is 25.0 Å². The predicted molar refractivity (Wildman–Crippen MR) is 140 cm³/mol. The summed E-state index contributed by atoms with van der Waals surface area (Å²) < 4.78 is 0. The van der Waals surface area contributed by atoms with Crippen LogP contribution in [0.15, 0.2) is 41.5 Å². The molecule has 0 saturated heterocycles. The van der Waals surface area contributed by atoms with Gasteiger partial charge >= 0.3 is 0 Å². The number of carbonyl (C=O) groups excluding carboxylic acids is 2. The standard InChI is InChI=1S/C17H15Cl2N5O2.C3H8O.2C2H6/c1-24-14(25)7-13(23-17(24)20)9-3-2-4-11(5-9)22-16(26)15-12(19)6-10(18)8-21-15;1-3(2)4;2*1-2/h2-6,8,13H,7H2,1H3,(H2,20,23)(H,22,26);3-4H,1-2H3;2*1-2H3. The highest BCUT2D eigenvalue weighted by Gasteiger charge is 2.26. The van der Waals surface area contributed by atoms with Crippen molar-refractivity contribution in [3.63, 3.8) is 0 Å². The van der Waals surface area contributed by atoms with Crippen LogP contribution in [-0.2, 0) is 4.79 Å². The second-order valence-corrected chi connectivity index (χ2v) is 7.66. The molecule has 2 heterocycles. The van der Waals surface area contributed by atoms with E-state index in [1.54, 1.807) is 39.1 Å². The van der Waals surface area contributed by atoms with Gasteiger partial charge < -0.3 is 16.2 Å². The molecule has 1 aromatic heterocycles. The van der Waals surface area contributed by atoms with Crippen LogP contribution in [0, 0.1) is 0 Å². The minimum absolute atomic E-state index is 0.0678. The number of benzene rings is 1. The van der Waals surface area contributed by atoms with Crippen molar-refractivity contribution < 1.29 is 14.7 Å². The lowest BCUT2D eigenvalue weighted by atomic mass is 10.0. The molecule has 0 radical (unpaired) electrons. The van der Waals surface area contributed by atoms with Gasteiger partial charge in [0.05, 0.1) is 22.5 Å². The summed E-state index contributed by atoms with van der Waals surface area (Å²) in [6.07, 6.45) is 1.39. The fraction of sp³-hybridized carbons (Fsp3) is 0.417. The van der Waals surface area contributed by atoms with Crippen LogP contribution in [0.4, 0.5) is 5.69 Å². The van der Waals surface area contributed by atoms with Crippen molar-refractivity contribution in [2.75, 3.05) is 12.4 Å². The normalized spacial score (nSPS) is 14.4. The molecule has 10 heteroatoms. The monoisotopic (exact) mass is 511 g/mol. The van der Waals surface area contributed by atoms with Gasteiger partial charge in [-0.3, -0.25) is 14.5 Å². The second kappa shape index (κ2) is 16.0. The number of nitrogens with one attached hydrogen (secondary N) is 1. The van der Waals surface area contributed by atoms with Crippen LogP contribution < -0.4 is 11.1 Å². The molecule has 1 unspecified atom stereocenters. The number of aromatic nitrogens is 1. The zero-order valence-electron chi connectivity index (χ0n) is 20.8. The molecular formula is C24H35Cl2N5O3. The Kier molecular flexibility index (Phi) is 14.8. The molecule has 2 aromatic rings. The fourth-order valence-electron chi connectivity index (χ4n) is 2.51. The summed E-state index contributed by atoms with van der Waals surface area (Å²) in [5, 5.41) is 11.3. The van der Waals surface area contributed by atoms with Crippen molar-refractivity contribution in [3.05, 3.63) is 57.8 Å². The first-order valence-electron chi connectivity index (χ1n) is 11.1. The number of hydrogen-bond donors (Lipinski definition) is 3.